The lowest BCUT2D eigenvalue weighted by Gasteiger charge is -2.38. The molecule has 1 fully saturated rings. The number of carbonyl (C=O) groups is 1. The number of likely N-dealkylation sites (tertiary alicyclic amines) is 1. The van der Waals surface area contributed by atoms with Crippen molar-refractivity contribution >= 4 is 5.91 Å². The van der Waals surface area contributed by atoms with E-state index in [1.807, 2.05) is 14.1 Å². The zero-order valence-electron chi connectivity index (χ0n) is 14.6. The maximum atomic E-state index is 13.1. The van der Waals surface area contributed by atoms with Gasteiger partial charge in [-0.2, -0.15) is 0 Å². The van der Waals surface area contributed by atoms with Crippen LogP contribution in [0.1, 0.15) is 29.7 Å². The molecule has 0 spiro atoms. The van der Waals surface area contributed by atoms with Gasteiger partial charge in [0.15, 0.2) is 0 Å². The van der Waals surface area contributed by atoms with Crippen LogP contribution < -0.4 is 0 Å². The van der Waals surface area contributed by atoms with Gasteiger partial charge in [0, 0.05) is 33.0 Å². The second-order valence-corrected chi connectivity index (χ2v) is 6.66. The van der Waals surface area contributed by atoms with Gasteiger partial charge in [-0.05, 0) is 31.9 Å². The standard InChI is InChI=1S/C19H24N4O/c1-15-5-7-16(8-6-15)14-23-12-4-9-19(23,18(24)22(2)3)17-13-20-10-11-21-17/h5-8,10-11,13H,4,9,12,14H2,1-3H3/t19-/m1/s1. The first-order valence-electron chi connectivity index (χ1n) is 8.33. The molecule has 1 saturated heterocycles. The molecular formula is C19H24N4O. The lowest BCUT2D eigenvalue weighted by Crippen LogP contribution is -2.52. The minimum Gasteiger partial charge on any atom is -0.347 e. The lowest BCUT2D eigenvalue weighted by atomic mass is 9.90. The predicted molar refractivity (Wildman–Crippen MR) is 93.2 cm³/mol. The molecule has 3 rings (SSSR count). The number of rotatable bonds is 4. The van der Waals surface area contributed by atoms with Crippen LogP contribution in [0, 0.1) is 6.92 Å². The zero-order chi connectivity index (χ0) is 17.2. The number of hydrogen-bond acceptors (Lipinski definition) is 4. The van der Waals surface area contributed by atoms with E-state index in [0.717, 1.165) is 31.6 Å². The summed E-state index contributed by atoms with van der Waals surface area (Å²) in [5.74, 6) is 0.0765. The maximum absolute atomic E-state index is 13.1. The van der Waals surface area contributed by atoms with Gasteiger partial charge in [0.1, 0.15) is 5.54 Å². The van der Waals surface area contributed by atoms with Crippen molar-refractivity contribution in [3.63, 3.8) is 0 Å². The van der Waals surface area contributed by atoms with Crippen molar-refractivity contribution in [2.45, 2.75) is 31.8 Å². The predicted octanol–water partition coefficient (Wildman–Crippen LogP) is 2.36. The SMILES string of the molecule is Cc1ccc(CN2CCC[C@]2(C(=O)N(C)C)c2cnccn2)cc1. The Morgan fingerprint density at radius 3 is 2.62 bits per heavy atom. The van der Waals surface area contributed by atoms with Crippen LogP contribution in [0.4, 0.5) is 0 Å². The Kier molecular flexibility index (Phi) is 4.62. The Morgan fingerprint density at radius 2 is 2.00 bits per heavy atom. The van der Waals surface area contributed by atoms with Crippen molar-refractivity contribution < 1.29 is 4.79 Å². The monoisotopic (exact) mass is 324 g/mol. The Labute approximate surface area is 143 Å². The average molecular weight is 324 g/mol. The fourth-order valence-electron chi connectivity index (χ4n) is 3.53. The molecule has 24 heavy (non-hydrogen) atoms. The normalized spacial score (nSPS) is 21.0. The Hall–Kier alpha value is -2.27. The third kappa shape index (κ3) is 2.91. The first-order valence-corrected chi connectivity index (χ1v) is 8.33. The number of hydrogen-bond donors (Lipinski definition) is 0. The van der Waals surface area contributed by atoms with Crippen molar-refractivity contribution in [3.8, 4) is 0 Å². The van der Waals surface area contributed by atoms with Gasteiger partial charge in [0.25, 0.3) is 0 Å². The third-order valence-electron chi connectivity index (χ3n) is 4.75. The summed E-state index contributed by atoms with van der Waals surface area (Å²) in [6.07, 6.45) is 6.80. The Balaban J connectivity index is 2.00. The van der Waals surface area contributed by atoms with E-state index in [9.17, 15) is 4.79 Å². The molecule has 0 bridgehead atoms. The molecule has 1 aliphatic heterocycles. The van der Waals surface area contributed by atoms with Gasteiger partial charge < -0.3 is 4.90 Å². The molecule has 0 unspecified atom stereocenters. The molecule has 126 valence electrons. The van der Waals surface area contributed by atoms with E-state index in [4.69, 9.17) is 0 Å². The van der Waals surface area contributed by atoms with Crippen LogP contribution in [0.2, 0.25) is 0 Å². The highest BCUT2D eigenvalue weighted by Crippen LogP contribution is 2.40. The van der Waals surface area contributed by atoms with Crippen molar-refractivity contribution in [3.05, 3.63) is 59.7 Å². The number of carbonyl (C=O) groups excluding carboxylic acids is 1. The van der Waals surface area contributed by atoms with Gasteiger partial charge in [0.2, 0.25) is 5.91 Å². The van der Waals surface area contributed by atoms with Crippen LogP contribution in [0.15, 0.2) is 42.9 Å². The van der Waals surface area contributed by atoms with Crippen molar-refractivity contribution in [1.29, 1.82) is 0 Å². The minimum absolute atomic E-state index is 0.0765. The summed E-state index contributed by atoms with van der Waals surface area (Å²) in [5, 5.41) is 0. The van der Waals surface area contributed by atoms with Crippen LogP contribution in [0.25, 0.3) is 0 Å². The number of aromatic nitrogens is 2. The fraction of sp³-hybridized carbons (Fsp3) is 0.421. The summed E-state index contributed by atoms with van der Waals surface area (Å²) < 4.78 is 0. The zero-order valence-corrected chi connectivity index (χ0v) is 14.6. The van der Waals surface area contributed by atoms with Crippen LogP contribution in [-0.4, -0.2) is 46.3 Å². The largest absolute Gasteiger partial charge is 0.347 e. The molecule has 1 aliphatic rings. The molecule has 0 N–H and O–H groups in total. The summed E-state index contributed by atoms with van der Waals surface area (Å²) in [6, 6.07) is 8.50. The van der Waals surface area contributed by atoms with Gasteiger partial charge in [-0.3, -0.25) is 19.7 Å². The summed E-state index contributed by atoms with van der Waals surface area (Å²) in [4.78, 5) is 25.8. The topological polar surface area (TPSA) is 49.3 Å². The van der Waals surface area contributed by atoms with Crippen LogP contribution in [-0.2, 0) is 16.9 Å². The number of likely N-dealkylation sites (N-methyl/N-ethyl adjacent to an activating group) is 1. The first kappa shape index (κ1) is 16.6. The van der Waals surface area contributed by atoms with Crippen LogP contribution in [0.3, 0.4) is 0 Å². The van der Waals surface area contributed by atoms with E-state index in [1.54, 1.807) is 23.5 Å². The van der Waals surface area contributed by atoms with Crippen LogP contribution in [0.5, 0.6) is 0 Å². The minimum atomic E-state index is -0.720. The van der Waals surface area contributed by atoms with E-state index in [1.165, 1.54) is 11.1 Å². The van der Waals surface area contributed by atoms with Crippen molar-refractivity contribution in [2.75, 3.05) is 20.6 Å². The van der Waals surface area contributed by atoms with Crippen molar-refractivity contribution in [1.82, 2.24) is 19.8 Å². The second-order valence-electron chi connectivity index (χ2n) is 6.66. The summed E-state index contributed by atoms with van der Waals surface area (Å²) in [5.41, 5.74) is 2.48. The molecule has 0 radical (unpaired) electrons. The molecule has 2 aromatic rings. The molecule has 0 aliphatic carbocycles. The van der Waals surface area contributed by atoms with E-state index in [0.29, 0.717) is 0 Å². The molecular weight excluding hydrogens is 300 g/mol. The average Bonchev–Trinajstić information content (AvgIpc) is 3.01. The molecule has 1 amide bonds. The molecule has 5 nitrogen and oxygen atoms in total. The van der Waals surface area contributed by atoms with Gasteiger partial charge >= 0.3 is 0 Å². The van der Waals surface area contributed by atoms with Gasteiger partial charge in [-0.15, -0.1) is 0 Å². The van der Waals surface area contributed by atoms with E-state index >= 15 is 0 Å². The molecule has 1 atom stereocenters. The van der Waals surface area contributed by atoms with Gasteiger partial charge in [-0.1, -0.05) is 29.8 Å². The highest BCUT2D eigenvalue weighted by atomic mass is 16.2. The molecule has 1 aromatic carbocycles. The summed E-state index contributed by atoms with van der Waals surface area (Å²) in [6.45, 7) is 3.69. The molecule has 1 aromatic heterocycles. The quantitative estimate of drug-likeness (QED) is 0.866. The maximum Gasteiger partial charge on any atom is 0.248 e. The number of aryl methyl sites for hydroxylation is 1. The highest BCUT2D eigenvalue weighted by Gasteiger charge is 2.50. The molecule has 2 heterocycles. The summed E-state index contributed by atoms with van der Waals surface area (Å²) >= 11 is 0. The Bertz CT molecular complexity index is 699. The first-order chi connectivity index (χ1) is 11.5. The molecule has 0 saturated carbocycles. The lowest BCUT2D eigenvalue weighted by molar-refractivity contribution is -0.141. The van der Waals surface area contributed by atoms with E-state index < -0.39 is 5.54 Å². The number of amides is 1. The molecule has 5 heteroatoms. The van der Waals surface area contributed by atoms with E-state index in [-0.39, 0.29) is 5.91 Å². The fourth-order valence-corrected chi connectivity index (χ4v) is 3.53. The summed E-state index contributed by atoms with van der Waals surface area (Å²) in [7, 11) is 3.62. The second kappa shape index (κ2) is 6.69. The number of benzene rings is 1. The Morgan fingerprint density at radius 1 is 1.25 bits per heavy atom. The van der Waals surface area contributed by atoms with E-state index in [2.05, 4.69) is 46.1 Å². The third-order valence-corrected chi connectivity index (χ3v) is 4.75. The van der Waals surface area contributed by atoms with Gasteiger partial charge in [-0.25, -0.2) is 0 Å². The van der Waals surface area contributed by atoms with Gasteiger partial charge in [0.05, 0.1) is 11.9 Å². The highest BCUT2D eigenvalue weighted by molar-refractivity contribution is 5.87. The van der Waals surface area contributed by atoms with Crippen molar-refractivity contribution in [2.24, 2.45) is 0 Å². The van der Waals surface area contributed by atoms with Crippen LogP contribution >= 0.6 is 0 Å². The number of nitrogens with zero attached hydrogens (tertiary/aromatic N) is 4. The smallest absolute Gasteiger partial charge is 0.248 e.